The van der Waals surface area contributed by atoms with E-state index in [0.717, 1.165) is 12.1 Å². The van der Waals surface area contributed by atoms with Crippen LogP contribution < -0.4 is 10.6 Å². The maximum absolute atomic E-state index is 12.4. The van der Waals surface area contributed by atoms with E-state index < -0.39 is 23.9 Å². The Morgan fingerprint density at radius 2 is 1.90 bits per heavy atom. The summed E-state index contributed by atoms with van der Waals surface area (Å²) in [7, 11) is 1.49. The van der Waals surface area contributed by atoms with Gasteiger partial charge in [0.1, 0.15) is 0 Å². The van der Waals surface area contributed by atoms with Crippen molar-refractivity contribution in [2.24, 2.45) is 0 Å². The molecule has 0 saturated heterocycles. The zero-order chi connectivity index (χ0) is 15.9. The Balaban J connectivity index is 2.45. The predicted octanol–water partition coefficient (Wildman–Crippen LogP) is 1.68. The molecule has 0 aliphatic heterocycles. The normalized spacial score (nSPS) is 12.8. The number of carbonyl (C=O) groups excluding carboxylic acids is 1. The van der Waals surface area contributed by atoms with E-state index >= 15 is 0 Å². The Morgan fingerprint density at radius 3 is 2.43 bits per heavy atom. The second-order valence-corrected chi connectivity index (χ2v) is 4.27. The molecule has 1 atom stereocenters. The Kier molecular flexibility index (Phi) is 6.44. The number of methoxy groups -OCH3 is 1. The average Bonchev–Trinajstić information content (AvgIpc) is 2.44. The van der Waals surface area contributed by atoms with E-state index in [1.54, 1.807) is 0 Å². The molecule has 3 N–H and O–H groups in total. The van der Waals surface area contributed by atoms with Crippen molar-refractivity contribution < 1.29 is 27.8 Å². The number of aliphatic hydroxyl groups is 1. The Morgan fingerprint density at radius 1 is 1.29 bits per heavy atom. The van der Waals surface area contributed by atoms with Crippen molar-refractivity contribution in [1.29, 1.82) is 0 Å². The molecule has 0 unspecified atom stereocenters. The molecule has 1 aromatic rings. The third-order valence-electron chi connectivity index (χ3n) is 2.67. The molecular weight excluding hydrogens is 289 g/mol. The second kappa shape index (κ2) is 7.84. The van der Waals surface area contributed by atoms with E-state index in [9.17, 15) is 23.1 Å². The van der Waals surface area contributed by atoms with Crippen LogP contribution in [0.25, 0.3) is 0 Å². The number of halogens is 3. The zero-order valence-electron chi connectivity index (χ0n) is 11.4. The monoisotopic (exact) mass is 306 g/mol. The number of rotatable bonds is 6. The van der Waals surface area contributed by atoms with Crippen LogP contribution in [0.5, 0.6) is 0 Å². The van der Waals surface area contributed by atoms with Gasteiger partial charge in [-0.25, -0.2) is 4.79 Å². The summed E-state index contributed by atoms with van der Waals surface area (Å²) in [6.45, 7) is 0.567. The van der Waals surface area contributed by atoms with Crippen LogP contribution in [0.1, 0.15) is 17.2 Å². The fourth-order valence-corrected chi connectivity index (χ4v) is 1.53. The second-order valence-electron chi connectivity index (χ2n) is 4.27. The molecule has 8 heteroatoms. The number of ether oxygens (including phenoxy) is 1. The molecule has 0 fully saturated rings. The number of urea groups is 1. The highest BCUT2D eigenvalue weighted by Gasteiger charge is 2.30. The van der Waals surface area contributed by atoms with Crippen LogP contribution in [0.4, 0.5) is 18.0 Å². The van der Waals surface area contributed by atoms with Crippen molar-refractivity contribution in [2.45, 2.75) is 12.3 Å². The van der Waals surface area contributed by atoms with Crippen LogP contribution in [-0.2, 0) is 10.9 Å². The summed E-state index contributed by atoms with van der Waals surface area (Å²) < 4.78 is 41.9. The van der Waals surface area contributed by atoms with Crippen LogP contribution >= 0.6 is 0 Å². The Labute approximate surface area is 120 Å². The third-order valence-corrected chi connectivity index (χ3v) is 2.67. The largest absolute Gasteiger partial charge is 0.416 e. The molecule has 0 spiro atoms. The molecule has 0 saturated carbocycles. The molecule has 0 heterocycles. The molecule has 0 bridgehead atoms. The maximum Gasteiger partial charge on any atom is 0.416 e. The highest BCUT2D eigenvalue weighted by Crippen LogP contribution is 2.29. The van der Waals surface area contributed by atoms with Gasteiger partial charge in [-0.05, 0) is 17.7 Å². The standard InChI is InChI=1S/C13H17F3N2O3/c1-21-7-6-17-12(20)18-8-11(19)9-2-4-10(5-3-9)13(14,15)16/h2-5,11,19H,6-8H2,1H3,(H2,17,18,20)/t11-/m1/s1. The van der Waals surface area contributed by atoms with Gasteiger partial charge in [0.25, 0.3) is 0 Å². The number of benzene rings is 1. The fraction of sp³-hybridized carbons (Fsp3) is 0.462. The summed E-state index contributed by atoms with van der Waals surface area (Å²) in [5, 5.41) is 14.7. The topological polar surface area (TPSA) is 70.6 Å². The van der Waals surface area contributed by atoms with Crippen molar-refractivity contribution in [1.82, 2.24) is 10.6 Å². The van der Waals surface area contributed by atoms with Crippen LogP contribution in [0.15, 0.2) is 24.3 Å². The lowest BCUT2D eigenvalue weighted by molar-refractivity contribution is -0.137. The van der Waals surface area contributed by atoms with Gasteiger partial charge in [-0.1, -0.05) is 12.1 Å². The van der Waals surface area contributed by atoms with Crippen LogP contribution in [0.2, 0.25) is 0 Å². The van der Waals surface area contributed by atoms with Crippen molar-refractivity contribution in [3.05, 3.63) is 35.4 Å². The quantitative estimate of drug-likeness (QED) is 0.700. The summed E-state index contributed by atoms with van der Waals surface area (Å²) in [6, 6.07) is 3.64. The first-order valence-corrected chi connectivity index (χ1v) is 6.20. The summed E-state index contributed by atoms with van der Waals surface area (Å²) in [5.74, 6) is 0. The molecule has 1 aromatic carbocycles. The fourth-order valence-electron chi connectivity index (χ4n) is 1.53. The summed E-state index contributed by atoms with van der Waals surface area (Å²) in [5.41, 5.74) is -0.496. The molecule has 5 nitrogen and oxygen atoms in total. The first-order valence-electron chi connectivity index (χ1n) is 6.20. The number of nitrogens with one attached hydrogen (secondary N) is 2. The molecule has 21 heavy (non-hydrogen) atoms. The van der Waals surface area contributed by atoms with E-state index in [0.29, 0.717) is 18.7 Å². The average molecular weight is 306 g/mol. The SMILES string of the molecule is COCCNC(=O)NC[C@@H](O)c1ccc(C(F)(F)F)cc1. The first-order chi connectivity index (χ1) is 9.84. The molecule has 0 aromatic heterocycles. The van der Waals surface area contributed by atoms with E-state index in [2.05, 4.69) is 10.6 Å². The van der Waals surface area contributed by atoms with Gasteiger partial charge < -0.3 is 20.5 Å². The van der Waals surface area contributed by atoms with Gasteiger partial charge in [0.15, 0.2) is 0 Å². The summed E-state index contributed by atoms with van der Waals surface area (Å²) in [6.07, 6.45) is -5.50. The van der Waals surface area contributed by atoms with Crippen molar-refractivity contribution in [2.75, 3.05) is 26.8 Å². The molecule has 118 valence electrons. The predicted molar refractivity (Wildman–Crippen MR) is 69.7 cm³/mol. The lowest BCUT2D eigenvalue weighted by Crippen LogP contribution is -2.39. The van der Waals surface area contributed by atoms with Gasteiger partial charge in [0.05, 0.1) is 18.3 Å². The Hall–Kier alpha value is -1.80. The molecule has 0 aliphatic rings. The van der Waals surface area contributed by atoms with Gasteiger partial charge in [0.2, 0.25) is 0 Å². The first kappa shape index (κ1) is 17.3. The minimum absolute atomic E-state index is 0.107. The number of carbonyl (C=O) groups is 1. The van der Waals surface area contributed by atoms with Crippen molar-refractivity contribution in [3.8, 4) is 0 Å². The van der Waals surface area contributed by atoms with Crippen molar-refractivity contribution in [3.63, 3.8) is 0 Å². The van der Waals surface area contributed by atoms with E-state index in [4.69, 9.17) is 4.74 Å². The molecular formula is C13H17F3N2O3. The van der Waals surface area contributed by atoms with Gasteiger partial charge in [-0.15, -0.1) is 0 Å². The number of hydrogen-bond acceptors (Lipinski definition) is 3. The molecule has 0 radical (unpaired) electrons. The van der Waals surface area contributed by atoms with E-state index in [1.165, 1.54) is 19.2 Å². The van der Waals surface area contributed by atoms with Crippen LogP contribution in [-0.4, -0.2) is 37.9 Å². The number of aliphatic hydroxyl groups excluding tert-OH is 1. The van der Waals surface area contributed by atoms with Crippen LogP contribution in [0, 0.1) is 0 Å². The minimum atomic E-state index is -4.41. The minimum Gasteiger partial charge on any atom is -0.387 e. The Bertz CT molecular complexity index is 449. The van der Waals surface area contributed by atoms with Gasteiger partial charge >= 0.3 is 12.2 Å². The smallest absolute Gasteiger partial charge is 0.387 e. The molecule has 0 aliphatic carbocycles. The molecule has 1 rings (SSSR count). The van der Waals surface area contributed by atoms with Gasteiger partial charge in [-0.3, -0.25) is 0 Å². The molecule has 2 amide bonds. The highest BCUT2D eigenvalue weighted by atomic mass is 19.4. The van der Waals surface area contributed by atoms with Crippen LogP contribution in [0.3, 0.4) is 0 Å². The number of alkyl halides is 3. The third kappa shape index (κ3) is 6.01. The van der Waals surface area contributed by atoms with E-state index in [-0.39, 0.29) is 6.54 Å². The van der Waals surface area contributed by atoms with Gasteiger partial charge in [0, 0.05) is 20.2 Å². The lowest BCUT2D eigenvalue weighted by atomic mass is 10.1. The number of hydrogen-bond donors (Lipinski definition) is 3. The number of amides is 2. The van der Waals surface area contributed by atoms with E-state index in [1.807, 2.05) is 0 Å². The zero-order valence-corrected chi connectivity index (χ0v) is 11.4. The summed E-state index contributed by atoms with van der Waals surface area (Å²) in [4.78, 5) is 11.3. The lowest BCUT2D eigenvalue weighted by Gasteiger charge is -2.14. The van der Waals surface area contributed by atoms with Crippen molar-refractivity contribution >= 4 is 6.03 Å². The van der Waals surface area contributed by atoms with Gasteiger partial charge in [-0.2, -0.15) is 13.2 Å². The maximum atomic E-state index is 12.4. The summed E-state index contributed by atoms with van der Waals surface area (Å²) >= 11 is 0. The highest BCUT2D eigenvalue weighted by molar-refractivity contribution is 5.73.